The summed E-state index contributed by atoms with van der Waals surface area (Å²) in [5.74, 6) is 1.76. The van der Waals surface area contributed by atoms with Crippen LogP contribution in [0.5, 0.6) is 5.75 Å². The predicted octanol–water partition coefficient (Wildman–Crippen LogP) is 4.16. The number of benzene rings is 2. The first-order chi connectivity index (χ1) is 13.2. The first-order valence-electron chi connectivity index (χ1n) is 9.79. The van der Waals surface area contributed by atoms with Gasteiger partial charge in [0, 0.05) is 36.7 Å². The van der Waals surface area contributed by atoms with E-state index in [1.165, 1.54) is 30.6 Å². The maximum absolute atomic E-state index is 5.98. The largest absolute Gasteiger partial charge is 0.489 e. The third kappa shape index (κ3) is 4.45. The van der Waals surface area contributed by atoms with Crippen LogP contribution in [0, 0.1) is 5.92 Å². The van der Waals surface area contributed by atoms with Crippen molar-refractivity contribution in [1.29, 1.82) is 0 Å². The van der Waals surface area contributed by atoms with Crippen molar-refractivity contribution in [3.8, 4) is 5.75 Å². The molecule has 4 nitrogen and oxygen atoms in total. The highest BCUT2D eigenvalue weighted by Gasteiger charge is 2.34. The first-order valence-corrected chi connectivity index (χ1v) is 9.79. The fraction of sp³-hybridized carbons (Fsp3) is 0.391. The molecule has 4 rings (SSSR count). The summed E-state index contributed by atoms with van der Waals surface area (Å²) in [7, 11) is 4.33. The van der Waals surface area contributed by atoms with Crippen LogP contribution >= 0.6 is 0 Å². The van der Waals surface area contributed by atoms with Gasteiger partial charge in [-0.25, -0.2) is 0 Å². The highest BCUT2D eigenvalue weighted by Crippen LogP contribution is 2.35. The van der Waals surface area contributed by atoms with Crippen LogP contribution in [-0.4, -0.2) is 43.2 Å². The zero-order valence-electron chi connectivity index (χ0n) is 16.3. The number of rotatable bonds is 7. The lowest BCUT2D eigenvalue weighted by atomic mass is 9.79. The van der Waals surface area contributed by atoms with E-state index in [1.807, 2.05) is 24.3 Å². The van der Waals surface area contributed by atoms with E-state index >= 15 is 0 Å². The minimum atomic E-state index is 0.599. The lowest BCUT2D eigenvalue weighted by Crippen LogP contribution is -2.45. The molecule has 1 heterocycles. The van der Waals surface area contributed by atoms with Gasteiger partial charge in [0.25, 0.3) is 0 Å². The number of hydrogen-bond acceptors (Lipinski definition) is 4. The Hall–Kier alpha value is -2.46. The van der Waals surface area contributed by atoms with Gasteiger partial charge in [-0.05, 0) is 50.6 Å². The highest BCUT2D eigenvalue weighted by atomic mass is 16.5. The minimum absolute atomic E-state index is 0.599. The van der Waals surface area contributed by atoms with Gasteiger partial charge in [-0.1, -0.05) is 36.4 Å². The zero-order chi connectivity index (χ0) is 18.6. The molecule has 1 saturated carbocycles. The topological polar surface area (TPSA) is 19.0 Å². The van der Waals surface area contributed by atoms with Crippen molar-refractivity contribution < 1.29 is 4.74 Å². The van der Waals surface area contributed by atoms with Crippen LogP contribution in [0.3, 0.4) is 0 Å². The normalized spacial score (nSPS) is 21.6. The van der Waals surface area contributed by atoms with E-state index < -0.39 is 0 Å². The standard InChI is InChI=1S/C23H29N3O/c1-24(2)16-20-13-22(14-20)26-12-11-25(18-26)21-9-6-10-23(15-21)27-17-19-7-4-3-5-8-19/h3-12,15,20,22H,13-14,16-18H2,1-2H3. The smallest absolute Gasteiger partial charge is 0.121 e. The van der Waals surface area contributed by atoms with E-state index in [-0.39, 0.29) is 0 Å². The summed E-state index contributed by atoms with van der Waals surface area (Å²) in [4.78, 5) is 7.08. The molecule has 0 spiro atoms. The molecule has 0 atom stereocenters. The maximum atomic E-state index is 5.98. The molecule has 0 N–H and O–H groups in total. The molecule has 27 heavy (non-hydrogen) atoms. The van der Waals surface area contributed by atoms with Crippen LogP contribution in [0.25, 0.3) is 0 Å². The van der Waals surface area contributed by atoms with Gasteiger partial charge in [0.2, 0.25) is 0 Å². The summed E-state index contributed by atoms with van der Waals surface area (Å²) in [5, 5.41) is 0. The second-order valence-corrected chi connectivity index (χ2v) is 7.95. The number of nitrogens with zero attached hydrogens (tertiary/aromatic N) is 3. The molecule has 0 radical (unpaired) electrons. The summed E-state index contributed by atoms with van der Waals surface area (Å²) >= 11 is 0. The molecule has 1 fully saturated rings. The van der Waals surface area contributed by atoms with Gasteiger partial charge >= 0.3 is 0 Å². The Morgan fingerprint density at radius 3 is 2.59 bits per heavy atom. The van der Waals surface area contributed by atoms with E-state index in [0.29, 0.717) is 12.6 Å². The van der Waals surface area contributed by atoms with Crippen molar-refractivity contribution >= 4 is 5.69 Å². The van der Waals surface area contributed by atoms with Gasteiger partial charge < -0.3 is 19.4 Å². The molecule has 4 heteroatoms. The molecule has 142 valence electrons. The lowest BCUT2D eigenvalue weighted by Gasteiger charge is -2.42. The van der Waals surface area contributed by atoms with Crippen molar-refractivity contribution in [2.45, 2.75) is 25.5 Å². The van der Waals surface area contributed by atoms with Gasteiger partial charge in [-0.15, -0.1) is 0 Å². The van der Waals surface area contributed by atoms with Crippen LogP contribution in [0.15, 0.2) is 67.0 Å². The fourth-order valence-corrected chi connectivity index (χ4v) is 3.97. The number of ether oxygens (including phenoxy) is 1. The highest BCUT2D eigenvalue weighted by molar-refractivity contribution is 5.53. The molecule has 0 bridgehead atoms. The van der Waals surface area contributed by atoms with Crippen LogP contribution < -0.4 is 9.64 Å². The SMILES string of the molecule is CN(C)CC1CC(N2C=CN(c3cccc(OCc4ccccc4)c3)C2)C1. The van der Waals surface area contributed by atoms with Gasteiger partial charge in [-0.3, -0.25) is 0 Å². The van der Waals surface area contributed by atoms with Gasteiger partial charge in [0.05, 0.1) is 6.67 Å². The monoisotopic (exact) mass is 363 g/mol. The van der Waals surface area contributed by atoms with E-state index in [9.17, 15) is 0 Å². The molecule has 0 saturated heterocycles. The van der Waals surface area contributed by atoms with Crippen LogP contribution in [-0.2, 0) is 6.61 Å². The summed E-state index contributed by atoms with van der Waals surface area (Å²) < 4.78 is 5.98. The molecule has 2 aromatic carbocycles. The van der Waals surface area contributed by atoms with Crippen molar-refractivity contribution in [3.05, 3.63) is 72.6 Å². The number of anilines is 1. The second kappa shape index (κ2) is 8.05. The Kier molecular flexibility index (Phi) is 5.35. The molecule has 2 aliphatic rings. The third-order valence-corrected chi connectivity index (χ3v) is 5.45. The summed E-state index contributed by atoms with van der Waals surface area (Å²) in [6.45, 7) is 2.74. The fourth-order valence-electron chi connectivity index (χ4n) is 3.97. The van der Waals surface area contributed by atoms with Crippen molar-refractivity contribution in [2.75, 3.05) is 32.2 Å². The Balaban J connectivity index is 1.30. The third-order valence-electron chi connectivity index (χ3n) is 5.45. The van der Waals surface area contributed by atoms with E-state index in [0.717, 1.165) is 18.3 Å². The Labute approximate surface area is 162 Å². The van der Waals surface area contributed by atoms with Crippen LogP contribution in [0.2, 0.25) is 0 Å². The molecule has 1 aliphatic carbocycles. The average molecular weight is 364 g/mol. The average Bonchev–Trinajstić information content (AvgIpc) is 3.13. The number of hydrogen-bond donors (Lipinski definition) is 0. The van der Waals surface area contributed by atoms with E-state index in [2.05, 4.69) is 71.5 Å². The second-order valence-electron chi connectivity index (χ2n) is 7.95. The quantitative estimate of drug-likeness (QED) is 0.735. The molecule has 0 aromatic heterocycles. The Morgan fingerprint density at radius 2 is 1.81 bits per heavy atom. The lowest BCUT2D eigenvalue weighted by molar-refractivity contribution is 0.105. The van der Waals surface area contributed by atoms with Crippen LogP contribution in [0.4, 0.5) is 5.69 Å². The molecule has 0 amide bonds. The van der Waals surface area contributed by atoms with Gasteiger partial charge in [-0.2, -0.15) is 0 Å². The van der Waals surface area contributed by atoms with E-state index in [1.54, 1.807) is 0 Å². The maximum Gasteiger partial charge on any atom is 0.121 e. The Bertz CT molecular complexity index is 768. The molecular weight excluding hydrogens is 334 g/mol. The summed E-state index contributed by atoms with van der Waals surface area (Å²) in [6, 6.07) is 19.4. The summed E-state index contributed by atoms with van der Waals surface area (Å²) in [5.41, 5.74) is 2.37. The summed E-state index contributed by atoms with van der Waals surface area (Å²) in [6.07, 6.45) is 7.04. The first kappa shape index (κ1) is 17.9. The molecule has 2 aromatic rings. The molecule has 0 unspecified atom stereocenters. The van der Waals surface area contributed by atoms with Gasteiger partial charge in [0.1, 0.15) is 12.4 Å². The Morgan fingerprint density at radius 1 is 1.00 bits per heavy atom. The van der Waals surface area contributed by atoms with Crippen molar-refractivity contribution in [2.24, 2.45) is 5.92 Å². The van der Waals surface area contributed by atoms with E-state index in [4.69, 9.17) is 4.74 Å². The predicted molar refractivity (Wildman–Crippen MR) is 111 cm³/mol. The molecular formula is C23H29N3O. The zero-order valence-corrected chi connectivity index (χ0v) is 16.3. The molecule has 1 aliphatic heterocycles. The van der Waals surface area contributed by atoms with Crippen LogP contribution in [0.1, 0.15) is 18.4 Å². The van der Waals surface area contributed by atoms with Gasteiger partial charge in [0.15, 0.2) is 0 Å². The van der Waals surface area contributed by atoms with Crippen molar-refractivity contribution in [3.63, 3.8) is 0 Å². The van der Waals surface area contributed by atoms with Crippen molar-refractivity contribution in [1.82, 2.24) is 9.80 Å². The minimum Gasteiger partial charge on any atom is -0.489 e.